The van der Waals surface area contributed by atoms with E-state index in [9.17, 15) is 9.59 Å². The quantitative estimate of drug-likeness (QED) is 0.791. The van der Waals surface area contributed by atoms with Crippen molar-refractivity contribution < 1.29 is 19.4 Å². The van der Waals surface area contributed by atoms with Crippen LogP contribution in [0.5, 0.6) is 0 Å². The zero-order valence-electron chi connectivity index (χ0n) is 12.6. The minimum Gasteiger partial charge on any atom is -0.481 e. The number of fused-ring (bicyclic) bond motifs is 1. The summed E-state index contributed by atoms with van der Waals surface area (Å²) in [5, 5.41) is 17.4. The van der Waals surface area contributed by atoms with Crippen LogP contribution in [0.25, 0.3) is 16.6 Å². The van der Waals surface area contributed by atoms with E-state index in [1.165, 1.54) is 16.4 Å². The zero-order valence-corrected chi connectivity index (χ0v) is 12.6. The number of ether oxygens (including phenoxy) is 1. The molecule has 1 aromatic carbocycles. The van der Waals surface area contributed by atoms with Crippen LogP contribution in [0, 0.1) is 6.92 Å². The summed E-state index contributed by atoms with van der Waals surface area (Å²) in [6, 6.07) is 7.34. The summed E-state index contributed by atoms with van der Waals surface area (Å²) in [4.78, 5) is 22.6. The predicted molar refractivity (Wildman–Crippen MR) is 80.7 cm³/mol. The summed E-state index contributed by atoms with van der Waals surface area (Å²) in [5.41, 5.74) is 2.47. The zero-order chi connectivity index (χ0) is 16.6. The van der Waals surface area contributed by atoms with Crippen molar-refractivity contribution in [3.05, 3.63) is 41.9 Å². The minimum atomic E-state index is -0.970. The normalized spacial score (nSPS) is 10.9. The summed E-state index contributed by atoms with van der Waals surface area (Å²) in [6.07, 6.45) is 0.882. The number of aliphatic carboxylic acids is 1. The van der Waals surface area contributed by atoms with Gasteiger partial charge < -0.3 is 9.84 Å². The van der Waals surface area contributed by atoms with Gasteiger partial charge >= 0.3 is 12.1 Å². The number of methoxy groups -OCH3 is 1. The molecule has 0 radical (unpaired) electrons. The van der Waals surface area contributed by atoms with Gasteiger partial charge in [0.15, 0.2) is 0 Å². The average molecular weight is 314 g/mol. The number of hydrogen-bond donors (Lipinski definition) is 1. The molecule has 118 valence electrons. The number of nitrogens with zero attached hydrogens (tertiary/aromatic N) is 4. The first-order chi connectivity index (χ1) is 11.0. The van der Waals surface area contributed by atoms with Gasteiger partial charge in [-0.15, -0.1) is 5.10 Å². The van der Waals surface area contributed by atoms with Crippen molar-refractivity contribution in [2.24, 2.45) is 0 Å². The largest absolute Gasteiger partial charge is 0.481 e. The van der Waals surface area contributed by atoms with Gasteiger partial charge in [0.25, 0.3) is 0 Å². The Labute approximate surface area is 130 Å². The molecule has 3 rings (SSSR count). The third-order valence-electron chi connectivity index (χ3n) is 3.47. The molecule has 2 aromatic heterocycles. The Bertz CT molecular complexity index is 909. The lowest BCUT2D eigenvalue weighted by molar-refractivity contribution is -0.136. The van der Waals surface area contributed by atoms with E-state index in [1.807, 2.05) is 25.1 Å². The number of rotatable bonds is 3. The molecule has 8 nitrogen and oxygen atoms in total. The van der Waals surface area contributed by atoms with Crippen molar-refractivity contribution in [1.82, 2.24) is 19.6 Å². The van der Waals surface area contributed by atoms with E-state index >= 15 is 0 Å². The molecule has 0 bridgehead atoms. The van der Waals surface area contributed by atoms with Gasteiger partial charge in [-0.2, -0.15) is 0 Å². The van der Waals surface area contributed by atoms with Crippen molar-refractivity contribution >= 4 is 23.0 Å². The molecule has 0 aliphatic rings. The lowest BCUT2D eigenvalue weighted by Gasteiger charge is -2.06. The molecular weight excluding hydrogens is 300 g/mol. The highest BCUT2D eigenvalue weighted by Crippen LogP contribution is 2.23. The van der Waals surface area contributed by atoms with Crippen molar-refractivity contribution in [2.75, 3.05) is 7.11 Å². The summed E-state index contributed by atoms with van der Waals surface area (Å²) in [6.45, 7) is 1.82. The van der Waals surface area contributed by atoms with E-state index in [2.05, 4.69) is 10.3 Å². The summed E-state index contributed by atoms with van der Waals surface area (Å²) >= 11 is 0. The first-order valence-corrected chi connectivity index (χ1v) is 6.83. The SMILES string of the molecule is COC(=O)n1c(C)cc2ccc(-n3cc(CC(=O)O)nn3)cc21. The molecule has 23 heavy (non-hydrogen) atoms. The van der Waals surface area contributed by atoms with Crippen LogP contribution in [0.3, 0.4) is 0 Å². The van der Waals surface area contributed by atoms with Crippen LogP contribution in [0.4, 0.5) is 4.79 Å². The van der Waals surface area contributed by atoms with Crippen LogP contribution in [0.15, 0.2) is 30.5 Å². The number of carboxylic acid groups (broad SMARTS) is 1. The van der Waals surface area contributed by atoms with Crippen molar-refractivity contribution in [2.45, 2.75) is 13.3 Å². The highest BCUT2D eigenvalue weighted by atomic mass is 16.5. The molecule has 0 fully saturated rings. The Morgan fingerprint density at radius 3 is 2.78 bits per heavy atom. The molecule has 0 unspecified atom stereocenters. The molecule has 0 aliphatic heterocycles. The van der Waals surface area contributed by atoms with Gasteiger partial charge in [0, 0.05) is 11.1 Å². The van der Waals surface area contributed by atoms with E-state index in [0.717, 1.165) is 11.1 Å². The van der Waals surface area contributed by atoms with Crippen LogP contribution in [0.1, 0.15) is 11.4 Å². The highest BCUT2D eigenvalue weighted by Gasteiger charge is 2.14. The summed E-state index contributed by atoms with van der Waals surface area (Å²) in [7, 11) is 1.33. The fourth-order valence-corrected chi connectivity index (χ4v) is 2.46. The smallest absolute Gasteiger partial charge is 0.418 e. The molecular formula is C15H14N4O4. The van der Waals surface area contributed by atoms with Gasteiger partial charge in [-0.3, -0.25) is 4.79 Å². The second kappa shape index (κ2) is 5.56. The van der Waals surface area contributed by atoms with Gasteiger partial charge in [-0.1, -0.05) is 11.3 Å². The molecule has 0 atom stereocenters. The highest BCUT2D eigenvalue weighted by molar-refractivity contribution is 5.91. The van der Waals surface area contributed by atoms with Gasteiger partial charge in [0.05, 0.1) is 36.6 Å². The first-order valence-electron chi connectivity index (χ1n) is 6.83. The molecule has 0 aliphatic carbocycles. The van der Waals surface area contributed by atoms with Crippen LogP contribution in [-0.4, -0.2) is 43.8 Å². The maximum absolute atomic E-state index is 11.9. The number of aryl methyl sites for hydroxylation is 1. The second-order valence-corrected chi connectivity index (χ2v) is 5.06. The Kier molecular flexibility index (Phi) is 3.57. The first kappa shape index (κ1) is 14.8. The molecule has 0 saturated heterocycles. The summed E-state index contributed by atoms with van der Waals surface area (Å²) < 4.78 is 7.74. The third kappa shape index (κ3) is 2.66. The Balaban J connectivity index is 2.07. The van der Waals surface area contributed by atoms with Crippen molar-refractivity contribution in [3.8, 4) is 5.69 Å². The number of carbonyl (C=O) groups excluding carboxylic acids is 1. The maximum atomic E-state index is 11.9. The van der Waals surface area contributed by atoms with E-state index in [1.54, 1.807) is 12.3 Å². The molecule has 2 heterocycles. The van der Waals surface area contributed by atoms with Gasteiger partial charge in [-0.05, 0) is 25.1 Å². The Morgan fingerprint density at radius 1 is 1.30 bits per heavy atom. The van der Waals surface area contributed by atoms with Crippen molar-refractivity contribution in [1.29, 1.82) is 0 Å². The lowest BCUT2D eigenvalue weighted by atomic mass is 10.2. The average Bonchev–Trinajstić information content (AvgIpc) is 3.08. The molecule has 3 aromatic rings. The maximum Gasteiger partial charge on any atom is 0.418 e. The van der Waals surface area contributed by atoms with Crippen LogP contribution in [0.2, 0.25) is 0 Å². The van der Waals surface area contributed by atoms with E-state index in [4.69, 9.17) is 9.84 Å². The molecule has 1 N–H and O–H groups in total. The Morgan fingerprint density at radius 2 is 2.09 bits per heavy atom. The van der Waals surface area contributed by atoms with Crippen LogP contribution >= 0.6 is 0 Å². The van der Waals surface area contributed by atoms with E-state index in [0.29, 0.717) is 16.9 Å². The predicted octanol–water partition coefficient (Wildman–Crippen LogP) is 1.77. The van der Waals surface area contributed by atoms with Crippen LogP contribution < -0.4 is 0 Å². The third-order valence-corrected chi connectivity index (χ3v) is 3.47. The number of carboxylic acids is 1. The van der Waals surface area contributed by atoms with Gasteiger partial charge in [0.1, 0.15) is 0 Å². The van der Waals surface area contributed by atoms with E-state index in [-0.39, 0.29) is 6.42 Å². The number of hydrogen-bond acceptors (Lipinski definition) is 5. The standard InChI is InChI=1S/C15H14N4O4/c1-9-5-10-3-4-12(7-13(10)19(9)15(22)23-2)18-8-11(16-17-18)6-14(20)21/h3-5,7-8H,6H2,1-2H3,(H,20,21). The number of benzene rings is 1. The number of aromatic nitrogens is 4. The molecule has 0 spiro atoms. The monoisotopic (exact) mass is 314 g/mol. The topological polar surface area (TPSA) is 99.2 Å². The summed E-state index contributed by atoms with van der Waals surface area (Å²) in [5.74, 6) is -0.970. The second-order valence-electron chi connectivity index (χ2n) is 5.06. The molecule has 0 amide bonds. The van der Waals surface area contributed by atoms with E-state index < -0.39 is 12.1 Å². The Hall–Kier alpha value is -3.16. The fourth-order valence-electron chi connectivity index (χ4n) is 2.46. The minimum absolute atomic E-state index is 0.195. The van der Waals surface area contributed by atoms with Crippen molar-refractivity contribution in [3.63, 3.8) is 0 Å². The lowest BCUT2D eigenvalue weighted by Crippen LogP contribution is -2.12. The van der Waals surface area contributed by atoms with Gasteiger partial charge in [-0.25, -0.2) is 14.0 Å². The fraction of sp³-hybridized carbons (Fsp3) is 0.200. The molecule has 0 saturated carbocycles. The van der Waals surface area contributed by atoms with Crippen LogP contribution in [-0.2, 0) is 16.0 Å². The van der Waals surface area contributed by atoms with Gasteiger partial charge in [0.2, 0.25) is 0 Å². The number of carbonyl (C=O) groups is 2. The molecule has 8 heteroatoms.